The van der Waals surface area contributed by atoms with E-state index >= 15 is 0 Å². The first kappa shape index (κ1) is 11.1. The number of carbonyl (C=O) groups is 1. The van der Waals surface area contributed by atoms with Crippen molar-refractivity contribution in [3.05, 3.63) is 30.0 Å². The number of pyridine rings is 1. The normalized spacial score (nSPS) is 10.2. The molecule has 0 spiro atoms. The second kappa shape index (κ2) is 4.25. The summed E-state index contributed by atoms with van der Waals surface area (Å²) in [4.78, 5) is 15.1. The van der Waals surface area contributed by atoms with Gasteiger partial charge in [0.15, 0.2) is 0 Å². The lowest BCUT2D eigenvalue weighted by atomic mass is 10.2. The number of methoxy groups -OCH3 is 1. The van der Waals surface area contributed by atoms with E-state index in [4.69, 9.17) is 9.84 Å². The maximum atomic E-state index is 10.9. The van der Waals surface area contributed by atoms with Gasteiger partial charge in [0.05, 0.1) is 12.8 Å². The topological polar surface area (TPSA) is 77.2 Å². The molecule has 0 aliphatic rings. The molecule has 2 aromatic rings. The number of aromatic nitrogens is 3. The fourth-order valence-corrected chi connectivity index (χ4v) is 1.46. The van der Waals surface area contributed by atoms with Crippen molar-refractivity contribution in [3.8, 4) is 17.3 Å². The lowest BCUT2D eigenvalue weighted by Crippen LogP contribution is -2.04. The molecule has 2 rings (SSSR count). The maximum absolute atomic E-state index is 10.9. The minimum atomic E-state index is -1.02. The summed E-state index contributed by atoms with van der Waals surface area (Å²) < 4.78 is 6.30. The van der Waals surface area contributed by atoms with E-state index < -0.39 is 5.97 Å². The Hall–Kier alpha value is -2.37. The zero-order valence-electron chi connectivity index (χ0n) is 9.41. The smallest absolute Gasteiger partial charge is 0.354 e. The molecule has 6 nitrogen and oxygen atoms in total. The number of ether oxygens (including phenoxy) is 1. The first-order valence-corrected chi connectivity index (χ1v) is 4.90. The molecule has 0 aliphatic carbocycles. The van der Waals surface area contributed by atoms with Crippen LogP contribution in [0, 0.1) is 0 Å². The van der Waals surface area contributed by atoms with E-state index in [0.717, 1.165) is 0 Å². The van der Waals surface area contributed by atoms with Crippen molar-refractivity contribution in [2.45, 2.75) is 0 Å². The highest BCUT2D eigenvalue weighted by Crippen LogP contribution is 2.19. The average molecular weight is 233 g/mol. The van der Waals surface area contributed by atoms with Gasteiger partial charge < -0.3 is 9.84 Å². The van der Waals surface area contributed by atoms with Crippen molar-refractivity contribution < 1.29 is 14.6 Å². The van der Waals surface area contributed by atoms with Crippen LogP contribution in [-0.4, -0.2) is 33.0 Å². The summed E-state index contributed by atoms with van der Waals surface area (Å²) in [6.45, 7) is 0. The number of hydrogen-bond donors (Lipinski definition) is 1. The molecule has 0 amide bonds. The van der Waals surface area contributed by atoms with Crippen LogP contribution in [0.3, 0.4) is 0 Å². The molecule has 0 saturated heterocycles. The van der Waals surface area contributed by atoms with Crippen LogP contribution in [0.1, 0.15) is 10.5 Å². The summed E-state index contributed by atoms with van der Waals surface area (Å²) >= 11 is 0. The Bertz CT molecular complexity index is 563. The highest BCUT2D eigenvalue weighted by Gasteiger charge is 2.13. The molecule has 0 radical (unpaired) electrons. The molecule has 17 heavy (non-hydrogen) atoms. The molecule has 2 aromatic heterocycles. The number of nitrogens with zero attached hydrogens (tertiary/aromatic N) is 3. The van der Waals surface area contributed by atoms with Gasteiger partial charge in [-0.1, -0.05) is 6.07 Å². The first-order valence-electron chi connectivity index (χ1n) is 4.90. The van der Waals surface area contributed by atoms with Crippen LogP contribution in [0.25, 0.3) is 11.4 Å². The van der Waals surface area contributed by atoms with E-state index in [1.807, 2.05) is 0 Å². The summed E-state index contributed by atoms with van der Waals surface area (Å²) in [6, 6.07) is 6.71. The van der Waals surface area contributed by atoms with Gasteiger partial charge in [-0.05, 0) is 6.07 Å². The third-order valence-electron chi connectivity index (χ3n) is 2.29. The number of aryl methyl sites for hydroxylation is 1. The molecule has 0 atom stereocenters. The molecule has 88 valence electrons. The van der Waals surface area contributed by atoms with E-state index in [-0.39, 0.29) is 5.69 Å². The Kier molecular flexibility index (Phi) is 2.78. The van der Waals surface area contributed by atoms with Gasteiger partial charge in [0.2, 0.25) is 5.88 Å². The van der Waals surface area contributed by atoms with Gasteiger partial charge in [-0.2, -0.15) is 5.10 Å². The van der Waals surface area contributed by atoms with Crippen LogP contribution in [0.4, 0.5) is 0 Å². The van der Waals surface area contributed by atoms with E-state index in [9.17, 15) is 4.79 Å². The summed E-state index contributed by atoms with van der Waals surface area (Å²) in [7, 11) is 3.10. The Morgan fingerprint density at radius 3 is 2.76 bits per heavy atom. The summed E-state index contributed by atoms with van der Waals surface area (Å²) in [5.41, 5.74) is 1.20. The Morgan fingerprint density at radius 2 is 2.18 bits per heavy atom. The highest BCUT2D eigenvalue weighted by molar-refractivity contribution is 5.87. The molecule has 0 bridgehead atoms. The number of aromatic carboxylic acids is 1. The van der Waals surface area contributed by atoms with Crippen LogP contribution < -0.4 is 4.74 Å². The monoisotopic (exact) mass is 233 g/mol. The number of carboxylic acid groups (broad SMARTS) is 1. The van der Waals surface area contributed by atoms with Crippen LogP contribution in [0.2, 0.25) is 0 Å². The first-order chi connectivity index (χ1) is 8.11. The fraction of sp³-hybridized carbons (Fsp3) is 0.182. The molecule has 0 unspecified atom stereocenters. The number of carboxylic acids is 1. The second-order valence-corrected chi connectivity index (χ2v) is 3.41. The molecule has 0 aliphatic heterocycles. The fourth-order valence-electron chi connectivity index (χ4n) is 1.46. The van der Waals surface area contributed by atoms with Crippen LogP contribution >= 0.6 is 0 Å². The van der Waals surface area contributed by atoms with Crippen LogP contribution in [0.15, 0.2) is 24.3 Å². The van der Waals surface area contributed by atoms with Crippen LogP contribution in [0.5, 0.6) is 5.88 Å². The zero-order valence-corrected chi connectivity index (χ0v) is 9.41. The minimum absolute atomic E-state index is 0.115. The molecule has 0 saturated carbocycles. The van der Waals surface area contributed by atoms with Crippen molar-refractivity contribution in [1.82, 2.24) is 14.8 Å². The largest absolute Gasteiger partial charge is 0.481 e. The molecule has 2 heterocycles. The summed E-state index contributed by atoms with van der Waals surface area (Å²) in [6.07, 6.45) is 0. The van der Waals surface area contributed by atoms with E-state index in [1.54, 1.807) is 25.2 Å². The number of rotatable bonds is 3. The molecule has 1 N–H and O–H groups in total. The van der Waals surface area contributed by atoms with E-state index in [2.05, 4.69) is 10.1 Å². The Morgan fingerprint density at radius 1 is 1.41 bits per heavy atom. The van der Waals surface area contributed by atoms with Gasteiger partial charge >= 0.3 is 5.97 Å². The highest BCUT2D eigenvalue weighted by atomic mass is 16.5. The van der Waals surface area contributed by atoms with E-state index in [1.165, 1.54) is 17.9 Å². The third-order valence-corrected chi connectivity index (χ3v) is 2.29. The van der Waals surface area contributed by atoms with Crippen molar-refractivity contribution in [2.75, 3.05) is 7.11 Å². The number of hydrogen-bond acceptors (Lipinski definition) is 4. The maximum Gasteiger partial charge on any atom is 0.354 e. The van der Waals surface area contributed by atoms with Crippen molar-refractivity contribution in [2.24, 2.45) is 7.05 Å². The SMILES string of the molecule is COc1cccc(-c2cc(C(=O)O)n(C)n2)n1. The Balaban J connectivity index is 2.46. The summed E-state index contributed by atoms with van der Waals surface area (Å²) in [5.74, 6) is -0.556. The molecule has 6 heteroatoms. The standard InChI is InChI=1S/C11H11N3O3/c1-14-9(11(15)16)6-8(13-14)7-4-3-5-10(12-7)17-2/h3-6H,1-2H3,(H,15,16). The van der Waals surface area contributed by atoms with Crippen molar-refractivity contribution in [1.29, 1.82) is 0 Å². The molecular formula is C11H11N3O3. The van der Waals surface area contributed by atoms with Crippen LogP contribution in [-0.2, 0) is 7.05 Å². The second-order valence-electron chi connectivity index (χ2n) is 3.41. The van der Waals surface area contributed by atoms with E-state index in [0.29, 0.717) is 17.3 Å². The van der Waals surface area contributed by atoms with Crippen molar-refractivity contribution >= 4 is 5.97 Å². The molecule has 0 fully saturated rings. The third kappa shape index (κ3) is 2.10. The summed E-state index contributed by atoms with van der Waals surface area (Å²) in [5, 5.41) is 13.0. The van der Waals surface area contributed by atoms with Gasteiger partial charge in [0, 0.05) is 19.2 Å². The molecule has 0 aromatic carbocycles. The zero-order chi connectivity index (χ0) is 12.4. The lowest BCUT2D eigenvalue weighted by Gasteiger charge is -1.99. The predicted molar refractivity (Wildman–Crippen MR) is 60.0 cm³/mol. The predicted octanol–water partition coefficient (Wildman–Crippen LogP) is 1.19. The van der Waals surface area contributed by atoms with Gasteiger partial charge in [0.25, 0.3) is 0 Å². The minimum Gasteiger partial charge on any atom is -0.481 e. The van der Waals surface area contributed by atoms with Gasteiger partial charge in [-0.15, -0.1) is 0 Å². The molecular weight excluding hydrogens is 222 g/mol. The van der Waals surface area contributed by atoms with Crippen molar-refractivity contribution in [3.63, 3.8) is 0 Å². The van der Waals surface area contributed by atoms with Gasteiger partial charge in [0.1, 0.15) is 11.4 Å². The lowest BCUT2D eigenvalue weighted by molar-refractivity contribution is 0.0685. The van der Waals surface area contributed by atoms with Gasteiger partial charge in [-0.25, -0.2) is 9.78 Å². The average Bonchev–Trinajstić information content (AvgIpc) is 2.71. The quantitative estimate of drug-likeness (QED) is 0.861. The van der Waals surface area contributed by atoms with Gasteiger partial charge in [-0.3, -0.25) is 4.68 Å². The Labute approximate surface area is 97.5 Å².